The van der Waals surface area contributed by atoms with Gasteiger partial charge in [0.25, 0.3) is 0 Å². The lowest BCUT2D eigenvalue weighted by atomic mass is 10.0. The molecule has 1 saturated heterocycles. The van der Waals surface area contributed by atoms with Gasteiger partial charge < -0.3 is 9.84 Å². The molecule has 1 heterocycles. The Balaban J connectivity index is 1.46. The molecule has 2 fully saturated rings. The minimum atomic E-state index is -0.000466. The van der Waals surface area contributed by atoms with Crippen LogP contribution < -0.4 is 0 Å². The van der Waals surface area contributed by atoms with Crippen molar-refractivity contribution in [2.45, 2.75) is 63.6 Å². The highest BCUT2D eigenvalue weighted by atomic mass is 16.5. The van der Waals surface area contributed by atoms with Gasteiger partial charge in [-0.3, -0.25) is 0 Å². The molecule has 2 unspecified atom stereocenters. The lowest BCUT2D eigenvalue weighted by molar-refractivity contribution is 0.0977. The van der Waals surface area contributed by atoms with E-state index in [0.717, 1.165) is 13.0 Å². The summed E-state index contributed by atoms with van der Waals surface area (Å²) in [5.41, 5.74) is 0. The number of ether oxygens (including phenoxy) is 1. The van der Waals surface area contributed by atoms with Crippen LogP contribution in [0.4, 0.5) is 0 Å². The maximum atomic E-state index is 9.65. The summed E-state index contributed by atoms with van der Waals surface area (Å²) in [6.45, 7) is 0.968. The number of hydrogen-bond donors (Lipinski definition) is 1. The van der Waals surface area contributed by atoms with E-state index >= 15 is 0 Å². The molecule has 14 heavy (non-hydrogen) atoms. The van der Waals surface area contributed by atoms with E-state index in [0.29, 0.717) is 12.0 Å². The van der Waals surface area contributed by atoms with Gasteiger partial charge in [0, 0.05) is 6.61 Å². The van der Waals surface area contributed by atoms with Crippen LogP contribution in [0.25, 0.3) is 0 Å². The van der Waals surface area contributed by atoms with Crippen molar-refractivity contribution in [3.8, 4) is 0 Å². The van der Waals surface area contributed by atoms with Gasteiger partial charge >= 0.3 is 0 Å². The monoisotopic (exact) mass is 198 g/mol. The number of aliphatic hydroxyl groups excluding tert-OH is 1. The lowest BCUT2D eigenvalue weighted by Gasteiger charge is -2.11. The molecule has 0 radical (unpaired) electrons. The van der Waals surface area contributed by atoms with Crippen molar-refractivity contribution in [1.29, 1.82) is 0 Å². The lowest BCUT2D eigenvalue weighted by Crippen LogP contribution is -2.09. The number of hydrogen-bond acceptors (Lipinski definition) is 2. The summed E-state index contributed by atoms with van der Waals surface area (Å²) in [7, 11) is 0. The first kappa shape index (κ1) is 10.4. The first-order chi connectivity index (χ1) is 6.86. The normalized spacial score (nSPS) is 29.4. The molecule has 2 nitrogen and oxygen atoms in total. The van der Waals surface area contributed by atoms with Crippen LogP contribution in [0.5, 0.6) is 0 Å². The molecular formula is C12H22O2. The summed E-state index contributed by atoms with van der Waals surface area (Å²) >= 11 is 0. The fourth-order valence-electron chi connectivity index (χ4n) is 2.31. The number of rotatable bonds is 6. The molecule has 0 bridgehead atoms. The SMILES string of the molecule is OC(CCCCC1CCCO1)C1CC1. The zero-order valence-electron chi connectivity index (χ0n) is 8.95. The van der Waals surface area contributed by atoms with Crippen molar-refractivity contribution in [1.82, 2.24) is 0 Å². The first-order valence-electron chi connectivity index (χ1n) is 6.16. The third-order valence-electron chi connectivity index (χ3n) is 3.47. The zero-order chi connectivity index (χ0) is 9.80. The number of unbranched alkanes of at least 4 members (excludes halogenated alkanes) is 1. The van der Waals surface area contributed by atoms with E-state index in [-0.39, 0.29) is 6.10 Å². The van der Waals surface area contributed by atoms with E-state index in [2.05, 4.69) is 0 Å². The van der Waals surface area contributed by atoms with Gasteiger partial charge in [-0.25, -0.2) is 0 Å². The van der Waals surface area contributed by atoms with E-state index in [1.54, 1.807) is 0 Å². The second-order valence-corrected chi connectivity index (χ2v) is 4.82. The standard InChI is InChI=1S/C12H22O2/c13-12(10-7-8-10)6-2-1-4-11-5-3-9-14-11/h10-13H,1-9H2. The molecule has 1 saturated carbocycles. The van der Waals surface area contributed by atoms with Crippen molar-refractivity contribution in [3.05, 3.63) is 0 Å². The topological polar surface area (TPSA) is 29.5 Å². The molecule has 2 aliphatic rings. The fourth-order valence-corrected chi connectivity index (χ4v) is 2.31. The van der Waals surface area contributed by atoms with E-state index in [4.69, 9.17) is 4.74 Å². The molecular weight excluding hydrogens is 176 g/mol. The highest BCUT2D eigenvalue weighted by Gasteiger charge is 2.28. The molecule has 2 heteroatoms. The zero-order valence-corrected chi connectivity index (χ0v) is 8.95. The van der Waals surface area contributed by atoms with Gasteiger partial charge in [0.2, 0.25) is 0 Å². The van der Waals surface area contributed by atoms with Crippen molar-refractivity contribution >= 4 is 0 Å². The summed E-state index contributed by atoms with van der Waals surface area (Å²) in [6.07, 6.45) is 10.2. The average molecular weight is 198 g/mol. The Morgan fingerprint density at radius 3 is 2.71 bits per heavy atom. The Labute approximate surface area is 86.6 Å². The molecule has 0 amide bonds. The van der Waals surface area contributed by atoms with Crippen LogP contribution in [0.3, 0.4) is 0 Å². The molecule has 2 rings (SSSR count). The Morgan fingerprint density at radius 2 is 2.07 bits per heavy atom. The molecule has 0 aromatic carbocycles. The molecule has 82 valence electrons. The molecule has 0 aromatic heterocycles. The van der Waals surface area contributed by atoms with Gasteiger partial charge in [-0.05, 0) is 44.4 Å². The van der Waals surface area contributed by atoms with Gasteiger partial charge in [-0.1, -0.05) is 12.8 Å². The molecule has 2 atom stereocenters. The van der Waals surface area contributed by atoms with E-state index in [9.17, 15) is 5.11 Å². The minimum absolute atomic E-state index is 0.000466. The average Bonchev–Trinajstić information content (AvgIpc) is 2.92. The largest absolute Gasteiger partial charge is 0.393 e. The summed E-state index contributed by atoms with van der Waals surface area (Å²) in [5, 5.41) is 9.65. The van der Waals surface area contributed by atoms with Crippen LogP contribution in [-0.4, -0.2) is 23.9 Å². The van der Waals surface area contributed by atoms with Crippen molar-refractivity contribution in [3.63, 3.8) is 0 Å². The summed E-state index contributed by atoms with van der Waals surface area (Å²) in [5.74, 6) is 0.651. The second-order valence-electron chi connectivity index (χ2n) is 4.82. The van der Waals surface area contributed by atoms with Crippen LogP contribution in [0.15, 0.2) is 0 Å². The van der Waals surface area contributed by atoms with Gasteiger partial charge in [0.1, 0.15) is 0 Å². The van der Waals surface area contributed by atoms with Crippen molar-refractivity contribution in [2.75, 3.05) is 6.61 Å². The van der Waals surface area contributed by atoms with Gasteiger partial charge in [0.05, 0.1) is 12.2 Å². The highest BCUT2D eigenvalue weighted by molar-refractivity contribution is 4.80. The Hall–Kier alpha value is -0.0800. The fraction of sp³-hybridized carbons (Fsp3) is 1.00. The quantitative estimate of drug-likeness (QED) is 0.664. The van der Waals surface area contributed by atoms with Crippen LogP contribution in [0, 0.1) is 5.92 Å². The molecule has 1 aliphatic carbocycles. The van der Waals surface area contributed by atoms with Crippen LogP contribution in [0.2, 0.25) is 0 Å². The van der Waals surface area contributed by atoms with Gasteiger partial charge in [-0.15, -0.1) is 0 Å². The molecule has 0 spiro atoms. The summed E-state index contributed by atoms with van der Waals surface area (Å²) in [4.78, 5) is 0. The van der Waals surface area contributed by atoms with Gasteiger partial charge in [-0.2, -0.15) is 0 Å². The number of aliphatic hydroxyl groups is 1. The summed E-state index contributed by atoms with van der Waals surface area (Å²) < 4.78 is 5.56. The van der Waals surface area contributed by atoms with Crippen LogP contribution in [-0.2, 0) is 4.74 Å². The van der Waals surface area contributed by atoms with Crippen LogP contribution in [0.1, 0.15) is 51.4 Å². The molecule has 0 aromatic rings. The van der Waals surface area contributed by atoms with E-state index < -0.39 is 0 Å². The third-order valence-corrected chi connectivity index (χ3v) is 3.47. The third kappa shape index (κ3) is 3.25. The first-order valence-corrected chi connectivity index (χ1v) is 6.16. The Kier molecular flexibility index (Phi) is 3.82. The minimum Gasteiger partial charge on any atom is -0.393 e. The predicted octanol–water partition coefficient (Wildman–Crippen LogP) is 2.50. The van der Waals surface area contributed by atoms with Gasteiger partial charge in [0.15, 0.2) is 0 Å². The second kappa shape index (κ2) is 5.13. The highest BCUT2D eigenvalue weighted by Crippen LogP contribution is 2.34. The predicted molar refractivity (Wildman–Crippen MR) is 56.2 cm³/mol. The Morgan fingerprint density at radius 1 is 1.21 bits per heavy atom. The van der Waals surface area contributed by atoms with Crippen molar-refractivity contribution in [2.24, 2.45) is 5.92 Å². The van der Waals surface area contributed by atoms with Crippen molar-refractivity contribution < 1.29 is 9.84 Å². The Bertz CT molecular complexity index is 156. The maximum absolute atomic E-state index is 9.65. The maximum Gasteiger partial charge on any atom is 0.0576 e. The van der Waals surface area contributed by atoms with E-state index in [1.807, 2.05) is 0 Å². The molecule has 1 aliphatic heterocycles. The smallest absolute Gasteiger partial charge is 0.0576 e. The summed E-state index contributed by atoms with van der Waals surface area (Å²) in [6, 6.07) is 0. The van der Waals surface area contributed by atoms with Crippen LogP contribution >= 0.6 is 0 Å². The van der Waals surface area contributed by atoms with E-state index in [1.165, 1.54) is 44.9 Å². The molecule has 1 N–H and O–H groups in total.